The number of esters is 1. The minimum absolute atomic E-state index is 0.0824. The Balaban J connectivity index is 1.90. The fraction of sp³-hybridized carbons (Fsp3) is 0.941. The Labute approximate surface area is 123 Å². The zero-order chi connectivity index (χ0) is 14.8. The van der Waals surface area contributed by atoms with E-state index in [2.05, 4.69) is 13.8 Å². The van der Waals surface area contributed by atoms with Gasteiger partial charge in [-0.15, -0.1) is 0 Å². The first-order valence-corrected chi connectivity index (χ1v) is 8.24. The van der Waals surface area contributed by atoms with E-state index in [4.69, 9.17) is 4.74 Å². The van der Waals surface area contributed by atoms with Crippen molar-refractivity contribution in [2.45, 2.75) is 71.3 Å². The lowest BCUT2D eigenvalue weighted by Crippen LogP contribution is -2.41. The number of carbonyl (C=O) groups excluding carboxylic acids is 1. The summed E-state index contributed by atoms with van der Waals surface area (Å²) in [7, 11) is 1.46. The van der Waals surface area contributed by atoms with Crippen LogP contribution in [0.25, 0.3) is 0 Å². The molecule has 0 saturated heterocycles. The van der Waals surface area contributed by atoms with Crippen LogP contribution in [0.4, 0.5) is 0 Å². The van der Waals surface area contributed by atoms with Crippen molar-refractivity contribution in [3.63, 3.8) is 0 Å². The molecule has 0 heterocycles. The summed E-state index contributed by atoms with van der Waals surface area (Å²) in [6.07, 6.45) is 8.33. The first-order valence-electron chi connectivity index (χ1n) is 8.24. The monoisotopic (exact) mass is 282 g/mol. The molecule has 0 amide bonds. The molecule has 3 heteroatoms. The average Bonchev–Trinajstić information content (AvgIpc) is 2.77. The first kappa shape index (κ1) is 15.8. The lowest BCUT2D eigenvalue weighted by molar-refractivity contribution is -0.140. The number of carbonyl (C=O) groups is 1. The lowest BCUT2D eigenvalue weighted by atomic mass is 9.61. The van der Waals surface area contributed by atoms with Crippen LogP contribution in [0, 0.1) is 23.2 Å². The zero-order valence-electron chi connectivity index (χ0n) is 13.2. The summed E-state index contributed by atoms with van der Waals surface area (Å²) in [6, 6.07) is 0. The summed E-state index contributed by atoms with van der Waals surface area (Å²) >= 11 is 0. The molecular formula is C17H30O3. The Morgan fingerprint density at radius 3 is 2.85 bits per heavy atom. The Kier molecular flexibility index (Phi) is 5.11. The molecule has 0 bridgehead atoms. The van der Waals surface area contributed by atoms with Gasteiger partial charge in [0, 0.05) is 6.42 Å². The van der Waals surface area contributed by atoms with Gasteiger partial charge in [0.2, 0.25) is 0 Å². The second kappa shape index (κ2) is 6.46. The van der Waals surface area contributed by atoms with E-state index in [1.807, 2.05) is 0 Å². The van der Waals surface area contributed by atoms with Gasteiger partial charge in [-0.05, 0) is 61.7 Å². The first-order chi connectivity index (χ1) is 9.49. The normalized spacial score (nSPS) is 38.3. The molecule has 2 fully saturated rings. The SMILES string of the molecule is COC(=O)CCC[C@H](C)[C@@H]1CC[C@@H]2[C@H](O)CCC[C@]21C. The van der Waals surface area contributed by atoms with Crippen LogP contribution in [0.15, 0.2) is 0 Å². The maximum absolute atomic E-state index is 11.2. The molecule has 0 unspecified atom stereocenters. The second-order valence-electron chi connectivity index (χ2n) is 7.20. The van der Waals surface area contributed by atoms with Crippen LogP contribution in [0.5, 0.6) is 0 Å². The number of methoxy groups -OCH3 is 1. The van der Waals surface area contributed by atoms with E-state index in [9.17, 15) is 9.90 Å². The van der Waals surface area contributed by atoms with Crippen molar-refractivity contribution in [3.8, 4) is 0 Å². The summed E-state index contributed by atoms with van der Waals surface area (Å²) in [6.45, 7) is 4.73. The van der Waals surface area contributed by atoms with Crippen molar-refractivity contribution in [2.24, 2.45) is 23.2 Å². The van der Waals surface area contributed by atoms with E-state index in [-0.39, 0.29) is 12.1 Å². The van der Waals surface area contributed by atoms with Gasteiger partial charge in [-0.25, -0.2) is 0 Å². The molecule has 2 saturated carbocycles. The quantitative estimate of drug-likeness (QED) is 0.784. The van der Waals surface area contributed by atoms with E-state index in [1.165, 1.54) is 32.8 Å². The largest absolute Gasteiger partial charge is 0.469 e. The molecule has 0 aliphatic heterocycles. The van der Waals surface area contributed by atoms with Gasteiger partial charge in [0.25, 0.3) is 0 Å². The highest BCUT2D eigenvalue weighted by Crippen LogP contribution is 2.58. The van der Waals surface area contributed by atoms with Gasteiger partial charge in [-0.3, -0.25) is 4.79 Å². The summed E-state index contributed by atoms with van der Waals surface area (Å²) in [5.74, 6) is 1.75. The van der Waals surface area contributed by atoms with Crippen LogP contribution >= 0.6 is 0 Å². The smallest absolute Gasteiger partial charge is 0.305 e. The summed E-state index contributed by atoms with van der Waals surface area (Å²) in [4.78, 5) is 11.2. The molecule has 3 nitrogen and oxygen atoms in total. The van der Waals surface area contributed by atoms with E-state index < -0.39 is 0 Å². The molecule has 0 aromatic carbocycles. The van der Waals surface area contributed by atoms with Crippen molar-refractivity contribution in [1.29, 1.82) is 0 Å². The average molecular weight is 282 g/mol. The third kappa shape index (κ3) is 3.03. The lowest BCUT2D eigenvalue weighted by Gasteiger charge is -2.45. The third-order valence-electron chi connectivity index (χ3n) is 6.12. The molecule has 5 atom stereocenters. The summed E-state index contributed by atoms with van der Waals surface area (Å²) < 4.78 is 4.71. The van der Waals surface area contributed by atoms with Crippen LogP contribution in [0.1, 0.15) is 65.2 Å². The fourth-order valence-corrected chi connectivity index (χ4v) is 5.00. The Morgan fingerprint density at radius 1 is 1.40 bits per heavy atom. The predicted octanol–water partition coefficient (Wildman–Crippen LogP) is 3.54. The molecule has 2 rings (SSSR count). The highest BCUT2D eigenvalue weighted by molar-refractivity contribution is 5.68. The van der Waals surface area contributed by atoms with Crippen molar-refractivity contribution in [3.05, 3.63) is 0 Å². The number of fused-ring (bicyclic) bond motifs is 1. The van der Waals surface area contributed by atoms with Gasteiger partial charge in [0.1, 0.15) is 0 Å². The van der Waals surface area contributed by atoms with Gasteiger partial charge >= 0.3 is 5.97 Å². The van der Waals surface area contributed by atoms with Gasteiger partial charge < -0.3 is 9.84 Å². The van der Waals surface area contributed by atoms with Gasteiger partial charge in [0.05, 0.1) is 13.2 Å². The standard InChI is InChI=1S/C17H30O3/c1-12(6-4-8-16(19)20-3)13-9-10-14-15(18)7-5-11-17(13,14)2/h12-15,18H,4-11H2,1-3H3/t12-,13-,14+,15+,17-/m0/s1. The van der Waals surface area contributed by atoms with Crippen molar-refractivity contribution < 1.29 is 14.6 Å². The van der Waals surface area contributed by atoms with E-state index in [0.717, 1.165) is 19.3 Å². The minimum atomic E-state index is -0.0965. The summed E-state index contributed by atoms with van der Waals surface area (Å²) in [5, 5.41) is 10.3. The van der Waals surface area contributed by atoms with Crippen LogP contribution in [-0.4, -0.2) is 24.3 Å². The molecule has 20 heavy (non-hydrogen) atoms. The number of ether oxygens (including phenoxy) is 1. The Hall–Kier alpha value is -0.570. The second-order valence-corrected chi connectivity index (χ2v) is 7.20. The predicted molar refractivity (Wildman–Crippen MR) is 79.2 cm³/mol. The van der Waals surface area contributed by atoms with Crippen LogP contribution < -0.4 is 0 Å². The van der Waals surface area contributed by atoms with Crippen molar-refractivity contribution in [1.82, 2.24) is 0 Å². The van der Waals surface area contributed by atoms with E-state index in [1.54, 1.807) is 0 Å². The summed E-state index contributed by atoms with van der Waals surface area (Å²) in [5.41, 5.74) is 0.322. The van der Waals surface area contributed by atoms with Gasteiger partial charge in [-0.1, -0.05) is 20.3 Å². The highest BCUT2D eigenvalue weighted by atomic mass is 16.5. The highest BCUT2D eigenvalue weighted by Gasteiger charge is 2.51. The maximum atomic E-state index is 11.2. The van der Waals surface area contributed by atoms with Crippen LogP contribution in [-0.2, 0) is 9.53 Å². The van der Waals surface area contributed by atoms with Crippen molar-refractivity contribution >= 4 is 5.97 Å². The van der Waals surface area contributed by atoms with Gasteiger partial charge in [-0.2, -0.15) is 0 Å². The molecule has 2 aliphatic rings. The number of aliphatic hydroxyl groups excluding tert-OH is 1. The zero-order valence-corrected chi connectivity index (χ0v) is 13.2. The third-order valence-corrected chi connectivity index (χ3v) is 6.12. The molecular weight excluding hydrogens is 252 g/mol. The molecule has 2 aliphatic carbocycles. The van der Waals surface area contributed by atoms with Crippen LogP contribution in [0.2, 0.25) is 0 Å². The number of rotatable bonds is 5. The molecule has 0 spiro atoms. The van der Waals surface area contributed by atoms with E-state index in [0.29, 0.717) is 29.6 Å². The van der Waals surface area contributed by atoms with Gasteiger partial charge in [0.15, 0.2) is 0 Å². The Morgan fingerprint density at radius 2 is 2.15 bits per heavy atom. The van der Waals surface area contributed by atoms with E-state index >= 15 is 0 Å². The minimum Gasteiger partial charge on any atom is -0.469 e. The molecule has 116 valence electrons. The Bertz CT molecular complexity index is 341. The maximum Gasteiger partial charge on any atom is 0.305 e. The van der Waals surface area contributed by atoms with Crippen molar-refractivity contribution in [2.75, 3.05) is 7.11 Å². The molecule has 0 radical (unpaired) electrons. The topological polar surface area (TPSA) is 46.5 Å². The number of hydrogen-bond acceptors (Lipinski definition) is 3. The molecule has 0 aromatic rings. The van der Waals surface area contributed by atoms with Crippen LogP contribution in [0.3, 0.4) is 0 Å². The molecule has 0 aromatic heterocycles. The fourth-order valence-electron chi connectivity index (χ4n) is 5.00. The number of aliphatic hydroxyl groups is 1. The molecule has 1 N–H and O–H groups in total. The number of hydrogen-bond donors (Lipinski definition) is 1.